The maximum Gasteiger partial charge on any atom is 0.192 e. The molecule has 0 heterocycles. The molecule has 0 aromatic rings. The number of allylic oxidation sites excluding steroid dienone is 4. The Bertz CT molecular complexity index is 892. The summed E-state index contributed by atoms with van der Waals surface area (Å²) < 4.78 is 15.8. The molecule has 4 rings (SSSR count). The summed E-state index contributed by atoms with van der Waals surface area (Å²) in [6.07, 6.45) is 2.42. The van der Waals surface area contributed by atoms with Crippen LogP contribution in [0.2, 0.25) is 0 Å². The van der Waals surface area contributed by atoms with E-state index in [1.54, 1.807) is 13.0 Å². The summed E-state index contributed by atoms with van der Waals surface area (Å²) in [6, 6.07) is 0. The van der Waals surface area contributed by atoms with Gasteiger partial charge in [-0.1, -0.05) is 26.8 Å². The van der Waals surface area contributed by atoms with E-state index in [9.17, 15) is 19.8 Å². The molecule has 4 aliphatic carbocycles. The van der Waals surface area contributed by atoms with Crippen molar-refractivity contribution in [1.29, 1.82) is 0 Å². The topological polar surface area (TPSA) is 74.6 Å². The number of hydrogen-bond acceptors (Lipinski definition) is 4. The van der Waals surface area contributed by atoms with E-state index in [-0.39, 0.29) is 24.5 Å². The van der Waals surface area contributed by atoms with Crippen molar-refractivity contribution in [1.82, 2.24) is 0 Å². The van der Waals surface area contributed by atoms with Crippen molar-refractivity contribution < 1.29 is 24.2 Å². The summed E-state index contributed by atoms with van der Waals surface area (Å²) in [5, 5.41) is 20.4. The second-order valence-corrected chi connectivity index (χ2v) is 11.9. The molecule has 2 N–H and O–H groups in total. The monoisotopic (exact) mass is 522 g/mol. The lowest BCUT2D eigenvalue weighted by Gasteiger charge is -2.64. The highest BCUT2D eigenvalue weighted by molar-refractivity contribution is 9.12. The number of aliphatic hydroxyl groups excluding tert-OH is 1. The first-order chi connectivity index (χ1) is 13.8. The van der Waals surface area contributed by atoms with Gasteiger partial charge in [0.25, 0.3) is 0 Å². The van der Waals surface area contributed by atoms with Gasteiger partial charge in [0.15, 0.2) is 11.6 Å². The number of carbonyl (C=O) groups is 2. The molecule has 4 aliphatic rings. The Morgan fingerprint density at radius 1 is 1.33 bits per heavy atom. The second-order valence-electron chi connectivity index (χ2n) is 9.92. The summed E-state index contributed by atoms with van der Waals surface area (Å²) in [5.74, 6) is -2.04. The molecule has 9 atom stereocenters. The zero-order valence-corrected chi connectivity index (χ0v) is 20.2. The number of carbonyl (C=O) groups excluding carboxylic acids is 2. The molecule has 30 heavy (non-hydrogen) atoms. The molecule has 0 radical (unpaired) electrons. The van der Waals surface area contributed by atoms with Gasteiger partial charge in [0.05, 0.1) is 14.7 Å². The molecule has 0 saturated heterocycles. The van der Waals surface area contributed by atoms with Crippen LogP contribution in [0.15, 0.2) is 22.2 Å². The Labute approximate surface area is 194 Å². The van der Waals surface area contributed by atoms with Crippen LogP contribution in [-0.2, 0) is 9.59 Å². The number of alkyl halides is 3. The number of rotatable bonds is 2. The van der Waals surface area contributed by atoms with Crippen LogP contribution >= 0.6 is 39.1 Å². The molecule has 3 saturated carbocycles. The number of hydrogen-bond donors (Lipinski definition) is 2. The second kappa shape index (κ2) is 6.86. The van der Waals surface area contributed by atoms with E-state index >= 15 is 4.39 Å². The van der Waals surface area contributed by atoms with Crippen molar-refractivity contribution in [3.63, 3.8) is 0 Å². The van der Waals surface area contributed by atoms with Crippen LogP contribution in [0.3, 0.4) is 0 Å². The minimum absolute atomic E-state index is 0.0727. The van der Waals surface area contributed by atoms with Gasteiger partial charge in [-0.15, -0.1) is 23.2 Å². The molecule has 0 aliphatic heterocycles. The average molecular weight is 524 g/mol. The number of aliphatic hydroxyl groups is 2. The Morgan fingerprint density at radius 2 is 1.97 bits per heavy atom. The van der Waals surface area contributed by atoms with E-state index in [0.717, 1.165) is 0 Å². The Morgan fingerprint density at radius 3 is 2.57 bits per heavy atom. The van der Waals surface area contributed by atoms with Gasteiger partial charge in [-0.3, -0.25) is 9.59 Å². The lowest BCUT2D eigenvalue weighted by atomic mass is 9.46. The van der Waals surface area contributed by atoms with Crippen molar-refractivity contribution in [2.75, 3.05) is 6.61 Å². The first-order valence-corrected chi connectivity index (χ1v) is 11.9. The predicted octanol–water partition coefficient (Wildman–Crippen LogP) is 4.08. The Balaban J connectivity index is 1.89. The van der Waals surface area contributed by atoms with Crippen LogP contribution < -0.4 is 0 Å². The fourth-order valence-corrected chi connectivity index (χ4v) is 9.01. The molecule has 0 amide bonds. The van der Waals surface area contributed by atoms with E-state index < -0.39 is 57.1 Å². The van der Waals surface area contributed by atoms with E-state index in [4.69, 9.17) is 23.2 Å². The van der Waals surface area contributed by atoms with Crippen molar-refractivity contribution in [2.45, 2.75) is 62.1 Å². The summed E-state index contributed by atoms with van der Waals surface area (Å²) in [4.78, 5) is 23.8. The summed E-state index contributed by atoms with van der Waals surface area (Å²) in [6.45, 7) is 4.66. The largest absolute Gasteiger partial charge is 0.388 e. The molecule has 3 fully saturated rings. The number of fused-ring (bicyclic) bond motifs is 5. The third-order valence-corrected chi connectivity index (χ3v) is 11.0. The van der Waals surface area contributed by atoms with Crippen LogP contribution in [0, 0.1) is 28.6 Å². The molecule has 0 aromatic carbocycles. The van der Waals surface area contributed by atoms with Gasteiger partial charge < -0.3 is 10.2 Å². The first-order valence-electron chi connectivity index (χ1n) is 10.3. The third kappa shape index (κ3) is 2.46. The molecular formula is C22H26BrCl2FO4. The van der Waals surface area contributed by atoms with Gasteiger partial charge in [0.2, 0.25) is 0 Å². The third-order valence-electron chi connectivity index (χ3n) is 8.79. The molecule has 8 heteroatoms. The van der Waals surface area contributed by atoms with Crippen LogP contribution in [0.4, 0.5) is 4.39 Å². The molecule has 0 spiro atoms. The lowest BCUT2D eigenvalue weighted by molar-refractivity contribution is -0.168. The van der Waals surface area contributed by atoms with Gasteiger partial charge in [-0.05, 0) is 64.6 Å². The maximum atomic E-state index is 15.5. The fraction of sp³-hybridized carbons (Fsp3) is 0.727. The Kier molecular flexibility index (Phi) is 5.24. The normalized spacial score (nSPS) is 52.7. The van der Waals surface area contributed by atoms with E-state index in [0.29, 0.717) is 16.5 Å². The zero-order valence-electron chi connectivity index (χ0n) is 17.1. The maximum absolute atomic E-state index is 15.5. The molecular weight excluding hydrogens is 498 g/mol. The molecule has 0 aromatic heterocycles. The molecule has 4 nitrogen and oxygen atoms in total. The van der Waals surface area contributed by atoms with Crippen LogP contribution in [0.1, 0.15) is 40.0 Å². The van der Waals surface area contributed by atoms with E-state index in [1.165, 1.54) is 6.08 Å². The van der Waals surface area contributed by atoms with E-state index in [1.807, 2.05) is 13.8 Å². The highest BCUT2D eigenvalue weighted by Crippen LogP contribution is 2.72. The standard InChI is InChI=1S/C22H26BrCl2FO4/c1-10-4-11-12-5-15(26)13-6-16(28)14(23)7-19(13,2)21(12,25)17(24)8-20(11,3)22(10,30)18(29)9-27/h6-7,10-12,15,17,27,30H,4-5,8-9H2,1-3H3/t10-,11-,12-,15+,17-,19-,20-,21-,22-/m0/s1. The van der Waals surface area contributed by atoms with E-state index in [2.05, 4.69) is 15.9 Å². The molecule has 0 unspecified atom stereocenters. The SMILES string of the molecule is C[C@H]1C[C@H]2[C@@H]3C[C@@H](F)C4=CC(=O)C(Br)=C[C@]4(C)[C@@]3(Cl)[C@@H](Cl)C[C@]2(C)[C@@]1(O)C(=O)CO. The molecule has 0 bridgehead atoms. The minimum Gasteiger partial charge on any atom is -0.388 e. The Hall–Kier alpha value is -0.270. The van der Waals surface area contributed by atoms with Crippen LogP contribution in [0.5, 0.6) is 0 Å². The average Bonchev–Trinajstić information content (AvgIpc) is 2.87. The quantitative estimate of drug-likeness (QED) is 0.535. The first kappa shape index (κ1) is 22.9. The summed E-state index contributed by atoms with van der Waals surface area (Å²) in [5.41, 5.74) is -3.35. The van der Waals surface area contributed by atoms with Gasteiger partial charge in [0, 0.05) is 10.8 Å². The highest BCUT2D eigenvalue weighted by Gasteiger charge is 2.75. The van der Waals surface area contributed by atoms with Gasteiger partial charge in [-0.2, -0.15) is 0 Å². The van der Waals surface area contributed by atoms with Crippen molar-refractivity contribution in [2.24, 2.45) is 28.6 Å². The van der Waals surface area contributed by atoms with Crippen molar-refractivity contribution in [3.05, 3.63) is 22.2 Å². The fourth-order valence-electron chi connectivity index (χ4n) is 7.24. The van der Waals surface area contributed by atoms with Crippen molar-refractivity contribution >= 4 is 50.7 Å². The number of Topliss-reactive ketones (excluding diaryl/α,β-unsaturated/α-hetero) is 1. The molecule has 166 valence electrons. The van der Waals surface area contributed by atoms with Gasteiger partial charge in [0.1, 0.15) is 18.4 Å². The predicted molar refractivity (Wildman–Crippen MR) is 116 cm³/mol. The number of ketones is 2. The summed E-state index contributed by atoms with van der Waals surface area (Å²) >= 11 is 17.6. The smallest absolute Gasteiger partial charge is 0.192 e. The van der Waals surface area contributed by atoms with Gasteiger partial charge >= 0.3 is 0 Å². The van der Waals surface area contributed by atoms with Crippen LogP contribution in [0.25, 0.3) is 0 Å². The van der Waals surface area contributed by atoms with Crippen LogP contribution in [-0.4, -0.2) is 50.4 Å². The summed E-state index contributed by atoms with van der Waals surface area (Å²) in [7, 11) is 0. The zero-order chi connectivity index (χ0) is 22.4. The van der Waals surface area contributed by atoms with Gasteiger partial charge in [-0.25, -0.2) is 4.39 Å². The number of halogens is 4. The highest BCUT2D eigenvalue weighted by atomic mass is 79.9. The van der Waals surface area contributed by atoms with Crippen molar-refractivity contribution in [3.8, 4) is 0 Å². The lowest BCUT2D eigenvalue weighted by Crippen LogP contribution is -2.69. The minimum atomic E-state index is -1.75.